The quantitative estimate of drug-likeness (QED) is 0.452. The zero-order valence-electron chi connectivity index (χ0n) is 14.1. The van der Waals surface area contributed by atoms with Gasteiger partial charge in [-0.3, -0.25) is 4.79 Å². The van der Waals surface area contributed by atoms with Gasteiger partial charge in [-0.2, -0.15) is 0 Å². The summed E-state index contributed by atoms with van der Waals surface area (Å²) < 4.78 is 16.2. The molecule has 0 atom stereocenters. The molecule has 26 heavy (non-hydrogen) atoms. The number of halogens is 1. The van der Waals surface area contributed by atoms with Gasteiger partial charge in [0, 0.05) is 11.4 Å². The number of aromatic nitrogens is 2. The van der Waals surface area contributed by atoms with Crippen LogP contribution in [0.3, 0.4) is 0 Å². The van der Waals surface area contributed by atoms with E-state index < -0.39 is 0 Å². The molecule has 0 aliphatic rings. The van der Waals surface area contributed by atoms with E-state index in [-0.39, 0.29) is 12.6 Å². The molecule has 0 aliphatic carbocycles. The van der Waals surface area contributed by atoms with Crippen LogP contribution in [0.4, 0.5) is 0 Å². The molecule has 3 rings (SSSR count). The number of nitrogens with zero attached hydrogens (tertiary/aromatic N) is 2. The molecular formula is C19H17ClN2O4. The monoisotopic (exact) mass is 372 g/mol. The summed E-state index contributed by atoms with van der Waals surface area (Å²) in [5, 5.41) is 0.612. The Morgan fingerprint density at radius 2 is 1.81 bits per heavy atom. The molecule has 0 unspecified atom stereocenters. The molecule has 0 amide bonds. The van der Waals surface area contributed by atoms with E-state index in [1.165, 1.54) is 0 Å². The van der Waals surface area contributed by atoms with Crippen molar-refractivity contribution in [2.45, 2.75) is 13.3 Å². The van der Waals surface area contributed by atoms with Crippen LogP contribution in [0.2, 0.25) is 5.02 Å². The largest absolute Gasteiger partial charge is 0.490 e. The Labute approximate surface area is 155 Å². The minimum Gasteiger partial charge on any atom is -0.490 e. The highest BCUT2D eigenvalue weighted by Crippen LogP contribution is 2.24. The van der Waals surface area contributed by atoms with Crippen LogP contribution in [0.5, 0.6) is 17.4 Å². The van der Waals surface area contributed by atoms with Gasteiger partial charge in [-0.05, 0) is 42.5 Å². The second-order valence-electron chi connectivity index (χ2n) is 5.34. The van der Waals surface area contributed by atoms with Gasteiger partial charge in [0.25, 0.3) is 0 Å². The van der Waals surface area contributed by atoms with Gasteiger partial charge in [0.2, 0.25) is 5.88 Å². The fourth-order valence-corrected chi connectivity index (χ4v) is 2.32. The smallest absolute Gasteiger partial charge is 0.305 e. The van der Waals surface area contributed by atoms with Gasteiger partial charge < -0.3 is 14.2 Å². The Balaban J connectivity index is 1.57. The number of rotatable bonds is 7. The third-order valence-corrected chi connectivity index (χ3v) is 3.67. The van der Waals surface area contributed by atoms with E-state index in [2.05, 4.69) is 9.97 Å². The highest BCUT2D eigenvalue weighted by atomic mass is 35.5. The SMILES string of the molecule is CCC(=O)OCCOc1ccc(Oc2cnc3cc(Cl)ccc3n2)cc1. The number of ether oxygens (including phenoxy) is 3. The molecule has 0 aliphatic heterocycles. The lowest BCUT2D eigenvalue weighted by Gasteiger charge is -2.08. The Morgan fingerprint density at radius 3 is 2.58 bits per heavy atom. The first-order chi connectivity index (χ1) is 12.6. The number of fused-ring (bicyclic) bond motifs is 1. The Morgan fingerprint density at radius 1 is 1.04 bits per heavy atom. The lowest BCUT2D eigenvalue weighted by molar-refractivity contribution is -0.143. The highest BCUT2D eigenvalue weighted by molar-refractivity contribution is 6.31. The van der Waals surface area contributed by atoms with Crippen molar-refractivity contribution in [3.05, 3.63) is 53.7 Å². The summed E-state index contributed by atoms with van der Waals surface area (Å²) in [5.74, 6) is 1.41. The van der Waals surface area contributed by atoms with E-state index in [4.69, 9.17) is 25.8 Å². The molecule has 7 heteroatoms. The second-order valence-corrected chi connectivity index (χ2v) is 5.77. The van der Waals surface area contributed by atoms with Crippen LogP contribution in [0.25, 0.3) is 11.0 Å². The number of hydrogen-bond donors (Lipinski definition) is 0. The molecule has 0 bridgehead atoms. The fraction of sp³-hybridized carbons (Fsp3) is 0.211. The van der Waals surface area contributed by atoms with Crippen molar-refractivity contribution in [3.63, 3.8) is 0 Å². The summed E-state index contributed by atoms with van der Waals surface area (Å²) in [6.45, 7) is 2.27. The normalized spacial score (nSPS) is 10.5. The molecule has 0 fully saturated rings. The van der Waals surface area contributed by atoms with Gasteiger partial charge >= 0.3 is 5.97 Å². The Hall–Kier alpha value is -2.86. The summed E-state index contributed by atoms with van der Waals surface area (Å²) in [7, 11) is 0. The van der Waals surface area contributed by atoms with E-state index in [9.17, 15) is 4.79 Å². The summed E-state index contributed by atoms with van der Waals surface area (Å²) in [6.07, 6.45) is 1.90. The molecule has 3 aromatic rings. The summed E-state index contributed by atoms with van der Waals surface area (Å²) in [4.78, 5) is 19.7. The number of benzene rings is 2. The summed E-state index contributed by atoms with van der Waals surface area (Å²) in [6, 6.07) is 12.4. The van der Waals surface area contributed by atoms with Crippen molar-refractivity contribution in [1.82, 2.24) is 9.97 Å². The first kappa shape index (κ1) is 17.9. The van der Waals surface area contributed by atoms with Crippen LogP contribution in [0.1, 0.15) is 13.3 Å². The fourth-order valence-electron chi connectivity index (χ4n) is 2.16. The van der Waals surface area contributed by atoms with E-state index in [0.717, 1.165) is 0 Å². The van der Waals surface area contributed by atoms with Crippen LogP contribution in [0, 0.1) is 0 Å². The number of carbonyl (C=O) groups is 1. The maximum atomic E-state index is 11.0. The lowest BCUT2D eigenvalue weighted by atomic mass is 10.3. The van der Waals surface area contributed by atoms with Gasteiger partial charge in [0.05, 0.1) is 17.2 Å². The van der Waals surface area contributed by atoms with E-state index >= 15 is 0 Å². The predicted molar refractivity (Wildman–Crippen MR) is 97.8 cm³/mol. The maximum absolute atomic E-state index is 11.0. The third kappa shape index (κ3) is 4.83. The van der Waals surface area contributed by atoms with Gasteiger partial charge in [-0.25, -0.2) is 9.97 Å². The Kier molecular flexibility index (Phi) is 5.86. The molecule has 1 aromatic heterocycles. The van der Waals surface area contributed by atoms with Crippen molar-refractivity contribution < 1.29 is 19.0 Å². The maximum Gasteiger partial charge on any atom is 0.305 e. The zero-order chi connectivity index (χ0) is 18.4. The van der Waals surface area contributed by atoms with E-state index in [1.807, 2.05) is 0 Å². The first-order valence-electron chi connectivity index (χ1n) is 8.12. The molecule has 2 aromatic carbocycles. The number of carbonyl (C=O) groups excluding carboxylic acids is 1. The van der Waals surface area contributed by atoms with E-state index in [0.29, 0.717) is 46.5 Å². The third-order valence-electron chi connectivity index (χ3n) is 3.43. The highest BCUT2D eigenvalue weighted by Gasteiger charge is 2.04. The lowest BCUT2D eigenvalue weighted by Crippen LogP contribution is -2.11. The second kappa shape index (κ2) is 8.49. The molecule has 1 heterocycles. The van der Waals surface area contributed by atoms with Crippen LogP contribution >= 0.6 is 11.6 Å². The van der Waals surface area contributed by atoms with Gasteiger partial charge in [-0.15, -0.1) is 0 Å². The minimum atomic E-state index is -0.240. The summed E-state index contributed by atoms with van der Waals surface area (Å²) >= 11 is 5.94. The molecule has 0 saturated heterocycles. The molecule has 0 spiro atoms. The average Bonchev–Trinajstić information content (AvgIpc) is 2.66. The van der Waals surface area contributed by atoms with Crippen molar-refractivity contribution in [3.8, 4) is 17.4 Å². The molecule has 0 N–H and O–H groups in total. The first-order valence-corrected chi connectivity index (χ1v) is 8.50. The molecular weight excluding hydrogens is 356 g/mol. The summed E-state index contributed by atoms with van der Waals surface area (Å²) in [5.41, 5.74) is 1.41. The molecule has 134 valence electrons. The molecule has 0 saturated carbocycles. The zero-order valence-corrected chi connectivity index (χ0v) is 14.9. The van der Waals surface area contributed by atoms with Crippen molar-refractivity contribution >= 4 is 28.6 Å². The van der Waals surface area contributed by atoms with Gasteiger partial charge in [0.15, 0.2) is 0 Å². The molecule has 6 nitrogen and oxygen atoms in total. The van der Waals surface area contributed by atoms with Gasteiger partial charge in [-0.1, -0.05) is 18.5 Å². The van der Waals surface area contributed by atoms with Crippen molar-refractivity contribution in [2.24, 2.45) is 0 Å². The van der Waals surface area contributed by atoms with Crippen LogP contribution in [0.15, 0.2) is 48.7 Å². The topological polar surface area (TPSA) is 70.5 Å². The van der Waals surface area contributed by atoms with Crippen LogP contribution in [-0.2, 0) is 9.53 Å². The van der Waals surface area contributed by atoms with Crippen molar-refractivity contribution in [1.29, 1.82) is 0 Å². The number of esters is 1. The van der Waals surface area contributed by atoms with Gasteiger partial charge in [0.1, 0.15) is 24.7 Å². The van der Waals surface area contributed by atoms with Crippen LogP contribution < -0.4 is 9.47 Å². The minimum absolute atomic E-state index is 0.224. The number of hydrogen-bond acceptors (Lipinski definition) is 6. The average molecular weight is 373 g/mol. The predicted octanol–water partition coefficient (Wildman–Crippen LogP) is 4.41. The Bertz CT molecular complexity index is 900. The van der Waals surface area contributed by atoms with Crippen molar-refractivity contribution in [2.75, 3.05) is 13.2 Å². The standard InChI is InChI=1S/C19H17ClN2O4/c1-2-19(23)25-10-9-24-14-4-6-15(7-5-14)26-18-12-21-17-11-13(20)3-8-16(17)22-18/h3-8,11-12H,2,9-10H2,1H3. The van der Waals surface area contributed by atoms with Crippen LogP contribution in [-0.4, -0.2) is 29.2 Å². The van der Waals surface area contributed by atoms with E-state index in [1.54, 1.807) is 55.6 Å². The molecule has 0 radical (unpaired) electrons.